The standard InChI is InChI=1S/C22H16ClN3O4S/c23-16-10-12-18(13-11-16)31(28,29)26-25-22-19(14-15-6-4-5-9-20(15)30-22)21(27)24-17-7-2-1-3-8-17/h1-14,26H,(H,24,27)/b25-22+. The Morgan fingerprint density at radius 3 is 2.32 bits per heavy atom. The Morgan fingerprint density at radius 2 is 1.58 bits per heavy atom. The van der Waals surface area contributed by atoms with Gasteiger partial charge in [-0.15, -0.1) is 5.10 Å². The molecular formula is C22H16ClN3O4S. The van der Waals surface area contributed by atoms with E-state index in [2.05, 4.69) is 15.2 Å². The summed E-state index contributed by atoms with van der Waals surface area (Å²) in [6, 6.07) is 23.1. The molecule has 1 heterocycles. The number of amides is 1. The van der Waals surface area contributed by atoms with E-state index in [9.17, 15) is 13.2 Å². The Bertz CT molecular complexity index is 1420. The minimum Gasteiger partial charge on any atom is -0.436 e. The molecule has 0 saturated heterocycles. The van der Waals surface area contributed by atoms with Crippen LogP contribution in [0.2, 0.25) is 5.02 Å². The van der Waals surface area contributed by atoms with E-state index < -0.39 is 15.9 Å². The number of benzene rings is 3. The molecule has 0 saturated carbocycles. The third kappa shape index (κ3) is 4.76. The summed E-state index contributed by atoms with van der Waals surface area (Å²) in [5.74, 6) is -0.495. The highest BCUT2D eigenvalue weighted by molar-refractivity contribution is 7.89. The second kappa shape index (κ2) is 8.63. The van der Waals surface area contributed by atoms with Crippen molar-refractivity contribution in [3.63, 3.8) is 0 Å². The van der Waals surface area contributed by atoms with Gasteiger partial charge in [0.2, 0.25) is 5.55 Å². The summed E-state index contributed by atoms with van der Waals surface area (Å²) in [4.78, 5) is 15.0. The van der Waals surface area contributed by atoms with Crippen molar-refractivity contribution in [2.75, 3.05) is 5.32 Å². The third-order valence-corrected chi connectivity index (χ3v) is 5.80. The minimum atomic E-state index is -4.00. The van der Waals surface area contributed by atoms with Gasteiger partial charge in [0.15, 0.2) is 0 Å². The van der Waals surface area contributed by atoms with E-state index in [1.807, 2.05) is 6.07 Å². The van der Waals surface area contributed by atoms with Crippen LogP contribution >= 0.6 is 11.6 Å². The van der Waals surface area contributed by atoms with Crippen LogP contribution in [0.1, 0.15) is 10.4 Å². The van der Waals surface area contributed by atoms with Gasteiger partial charge in [0.05, 0.1) is 4.90 Å². The van der Waals surface area contributed by atoms with Crippen LogP contribution in [0.15, 0.2) is 99.3 Å². The van der Waals surface area contributed by atoms with Gasteiger partial charge in [-0.3, -0.25) is 4.79 Å². The second-order valence-electron chi connectivity index (χ2n) is 6.48. The van der Waals surface area contributed by atoms with Gasteiger partial charge in [0, 0.05) is 16.1 Å². The Labute approximate surface area is 183 Å². The number of hydrogen-bond donors (Lipinski definition) is 2. The van der Waals surface area contributed by atoms with Crippen molar-refractivity contribution in [3.8, 4) is 0 Å². The van der Waals surface area contributed by atoms with Gasteiger partial charge < -0.3 is 9.73 Å². The van der Waals surface area contributed by atoms with Crippen LogP contribution in [0.5, 0.6) is 0 Å². The Kier molecular flexibility index (Phi) is 5.75. The highest BCUT2D eigenvalue weighted by Gasteiger charge is 2.16. The first-order valence-electron chi connectivity index (χ1n) is 9.13. The molecule has 0 radical (unpaired) electrons. The predicted molar refractivity (Wildman–Crippen MR) is 118 cm³/mol. The molecule has 156 valence electrons. The van der Waals surface area contributed by atoms with Crippen LogP contribution in [0.3, 0.4) is 0 Å². The van der Waals surface area contributed by atoms with E-state index >= 15 is 0 Å². The molecule has 4 aromatic rings. The molecule has 3 aromatic carbocycles. The molecule has 2 N–H and O–H groups in total. The van der Waals surface area contributed by atoms with E-state index in [-0.39, 0.29) is 16.0 Å². The zero-order chi connectivity index (χ0) is 21.8. The smallest absolute Gasteiger partial charge is 0.276 e. The molecule has 7 nitrogen and oxygen atoms in total. The number of anilines is 1. The van der Waals surface area contributed by atoms with E-state index in [4.69, 9.17) is 16.0 Å². The van der Waals surface area contributed by atoms with Crippen molar-refractivity contribution >= 4 is 44.2 Å². The number of sulfonamides is 1. The van der Waals surface area contributed by atoms with Gasteiger partial charge >= 0.3 is 0 Å². The topological polar surface area (TPSA) is 101 Å². The number of halogens is 1. The lowest BCUT2D eigenvalue weighted by molar-refractivity contribution is 0.102. The molecule has 0 aliphatic carbocycles. The van der Waals surface area contributed by atoms with Gasteiger partial charge in [-0.1, -0.05) is 48.0 Å². The fraction of sp³-hybridized carbons (Fsp3) is 0. The molecule has 4 rings (SSSR count). The summed E-state index contributed by atoms with van der Waals surface area (Å²) in [7, 11) is -4.00. The number of nitrogens with zero attached hydrogens (tertiary/aromatic N) is 1. The van der Waals surface area contributed by atoms with Gasteiger partial charge in [-0.2, -0.15) is 13.2 Å². The molecule has 0 bridgehead atoms. The molecule has 1 amide bonds. The lowest BCUT2D eigenvalue weighted by atomic mass is 10.1. The number of carbonyl (C=O) groups is 1. The van der Waals surface area contributed by atoms with Crippen LogP contribution in [0.25, 0.3) is 11.0 Å². The molecule has 0 spiro atoms. The Hall–Kier alpha value is -3.62. The number of nitrogens with one attached hydrogen (secondary N) is 2. The van der Waals surface area contributed by atoms with E-state index in [1.54, 1.807) is 54.6 Å². The summed E-state index contributed by atoms with van der Waals surface area (Å²) < 4.78 is 30.9. The molecule has 0 aliphatic rings. The van der Waals surface area contributed by atoms with Crippen LogP contribution in [-0.2, 0) is 10.0 Å². The van der Waals surface area contributed by atoms with Crippen LogP contribution in [-0.4, -0.2) is 14.3 Å². The van der Waals surface area contributed by atoms with Crippen molar-refractivity contribution in [1.29, 1.82) is 0 Å². The summed E-state index contributed by atoms with van der Waals surface area (Å²) in [5, 5.41) is 7.71. The first-order chi connectivity index (χ1) is 14.9. The summed E-state index contributed by atoms with van der Waals surface area (Å²) in [5.41, 5.74) is 0.919. The molecule has 9 heteroatoms. The SMILES string of the molecule is O=C(Nc1ccccc1)c1cc2ccccc2o/c1=N/NS(=O)(=O)c1ccc(Cl)cc1. The normalized spacial score (nSPS) is 12.0. The number of para-hydroxylation sites is 2. The van der Waals surface area contributed by atoms with Crippen molar-refractivity contribution in [2.24, 2.45) is 5.10 Å². The predicted octanol–water partition coefficient (Wildman–Crippen LogP) is 4.13. The first kappa shape index (κ1) is 20.6. The largest absolute Gasteiger partial charge is 0.436 e. The Balaban J connectivity index is 1.75. The van der Waals surface area contributed by atoms with E-state index in [0.717, 1.165) is 0 Å². The zero-order valence-corrected chi connectivity index (χ0v) is 17.5. The first-order valence-corrected chi connectivity index (χ1v) is 11.0. The maximum Gasteiger partial charge on any atom is 0.276 e. The number of fused-ring (bicyclic) bond motifs is 1. The van der Waals surface area contributed by atoms with Gasteiger partial charge in [0.1, 0.15) is 11.1 Å². The van der Waals surface area contributed by atoms with Gasteiger partial charge in [-0.05, 0) is 48.5 Å². The van der Waals surface area contributed by atoms with Crippen molar-refractivity contribution < 1.29 is 17.6 Å². The monoisotopic (exact) mass is 453 g/mol. The molecule has 31 heavy (non-hydrogen) atoms. The number of hydrogen-bond acceptors (Lipinski definition) is 5. The highest BCUT2D eigenvalue weighted by atomic mass is 35.5. The lowest BCUT2D eigenvalue weighted by Crippen LogP contribution is -2.27. The summed E-state index contributed by atoms with van der Waals surface area (Å²) in [6.45, 7) is 0. The van der Waals surface area contributed by atoms with E-state index in [1.165, 1.54) is 24.3 Å². The van der Waals surface area contributed by atoms with Crippen molar-refractivity contribution in [1.82, 2.24) is 4.83 Å². The molecule has 0 atom stereocenters. The van der Waals surface area contributed by atoms with Gasteiger partial charge in [-0.25, -0.2) is 0 Å². The van der Waals surface area contributed by atoms with Gasteiger partial charge in [0.25, 0.3) is 15.9 Å². The minimum absolute atomic E-state index is 0.0308. The quantitative estimate of drug-likeness (QED) is 0.443. The molecule has 0 aliphatic heterocycles. The number of carbonyl (C=O) groups excluding carboxylic acids is 1. The van der Waals surface area contributed by atoms with Crippen LogP contribution in [0.4, 0.5) is 5.69 Å². The molecule has 0 unspecified atom stereocenters. The fourth-order valence-corrected chi connectivity index (χ4v) is 3.73. The average molecular weight is 454 g/mol. The average Bonchev–Trinajstić information content (AvgIpc) is 2.78. The maximum absolute atomic E-state index is 12.9. The maximum atomic E-state index is 12.9. The van der Waals surface area contributed by atoms with Crippen LogP contribution in [0, 0.1) is 0 Å². The fourth-order valence-electron chi connectivity index (χ4n) is 2.80. The van der Waals surface area contributed by atoms with E-state index in [0.29, 0.717) is 21.7 Å². The van der Waals surface area contributed by atoms with Crippen molar-refractivity contribution in [3.05, 3.63) is 101 Å². The van der Waals surface area contributed by atoms with Crippen molar-refractivity contribution in [2.45, 2.75) is 4.90 Å². The van der Waals surface area contributed by atoms with Crippen LogP contribution < -0.4 is 15.7 Å². The summed E-state index contributed by atoms with van der Waals surface area (Å²) >= 11 is 5.81. The highest BCUT2D eigenvalue weighted by Crippen LogP contribution is 2.16. The molecule has 0 fully saturated rings. The summed E-state index contributed by atoms with van der Waals surface area (Å²) in [6.07, 6.45) is 0. The number of rotatable bonds is 5. The zero-order valence-electron chi connectivity index (χ0n) is 15.9. The molecular weight excluding hydrogens is 438 g/mol. The lowest BCUT2D eigenvalue weighted by Gasteiger charge is -2.07. The third-order valence-electron chi connectivity index (χ3n) is 4.32. The Morgan fingerprint density at radius 1 is 0.903 bits per heavy atom. The second-order valence-corrected chi connectivity index (χ2v) is 8.58. The molecule has 1 aromatic heterocycles.